The molecule has 1 fully saturated rings. The van der Waals surface area contributed by atoms with Crippen LogP contribution in [-0.4, -0.2) is 47.0 Å². The number of carbonyl (C=O) groups excluding carboxylic acids is 1. The van der Waals surface area contributed by atoms with Crippen LogP contribution < -0.4 is 31.3 Å². The van der Waals surface area contributed by atoms with Crippen molar-refractivity contribution in [3.05, 3.63) is 95.2 Å². The van der Waals surface area contributed by atoms with E-state index in [1.54, 1.807) is 29.0 Å². The standard InChI is InChI=1S/C37H48N8O3/c1-5-47-26-13-11-12-25(22-26)41-34(23-32(38)37(2,3)4)43-36(46)42-30-17-18-31(29-15-8-7-14-28(29)30)48-27-16-19-33(39)45(24-27)35(40)44-20-9-6-10-21-44/h7-8,11-16,19,22-24,30-31,39-40H,5-6,9-10,17-18,20-21,38H2,1-4H3,(H2,41,42,43,46)/b32-23-,39-33?,40-35?/t30-,31+/m0/s1. The van der Waals surface area contributed by atoms with Crippen LogP contribution in [0.25, 0.3) is 0 Å². The number of aliphatic imine (C=N–C) groups is 1. The third kappa shape index (κ3) is 8.64. The van der Waals surface area contributed by atoms with E-state index in [1.807, 2.05) is 81.1 Å². The number of nitrogens with two attached hydrogens (primary N) is 1. The minimum Gasteiger partial charge on any atom is -0.494 e. The minimum atomic E-state index is -0.393. The zero-order valence-corrected chi connectivity index (χ0v) is 28.4. The fourth-order valence-corrected chi connectivity index (χ4v) is 5.89. The van der Waals surface area contributed by atoms with E-state index in [0.29, 0.717) is 54.1 Å². The molecular formula is C37H48N8O3. The van der Waals surface area contributed by atoms with Gasteiger partial charge in [-0.15, -0.1) is 0 Å². The van der Waals surface area contributed by atoms with Crippen LogP contribution in [-0.2, 0) is 0 Å². The van der Waals surface area contributed by atoms with Crippen molar-refractivity contribution < 1.29 is 14.3 Å². The lowest BCUT2D eigenvalue weighted by Gasteiger charge is -2.33. The highest BCUT2D eigenvalue weighted by Crippen LogP contribution is 2.38. The summed E-state index contributed by atoms with van der Waals surface area (Å²) in [7, 11) is 0. The van der Waals surface area contributed by atoms with E-state index in [9.17, 15) is 4.79 Å². The SMILES string of the molecule is CCOc1cccc(N=C(/C=C(\N)C(C)(C)C)NC(=O)N[C@H]2CC[C@@H](Oc3ccc(=N)n(C(=N)N4CCCCC4)c3)c3ccccc32)c1. The number of amides is 2. The average Bonchev–Trinajstić information content (AvgIpc) is 3.06. The van der Waals surface area contributed by atoms with E-state index >= 15 is 0 Å². The Kier molecular flexibility index (Phi) is 10.9. The second kappa shape index (κ2) is 15.2. The summed E-state index contributed by atoms with van der Waals surface area (Å²) in [4.78, 5) is 20.2. The number of pyridine rings is 1. The van der Waals surface area contributed by atoms with Crippen molar-refractivity contribution in [1.29, 1.82) is 10.8 Å². The molecule has 1 aliphatic heterocycles. The monoisotopic (exact) mass is 652 g/mol. The first-order valence-corrected chi connectivity index (χ1v) is 16.7. The number of amidine groups is 1. The molecular weight excluding hydrogens is 604 g/mol. The molecule has 5 rings (SSSR count). The van der Waals surface area contributed by atoms with Crippen LogP contribution in [0.4, 0.5) is 10.5 Å². The maximum Gasteiger partial charge on any atom is 0.320 e. The third-order valence-corrected chi connectivity index (χ3v) is 8.60. The number of ether oxygens (including phenoxy) is 2. The van der Waals surface area contributed by atoms with Gasteiger partial charge in [0.05, 0.1) is 24.5 Å². The molecule has 3 aromatic rings. The van der Waals surface area contributed by atoms with Crippen LogP contribution in [0.15, 0.2) is 83.6 Å². The Morgan fingerprint density at radius 2 is 1.77 bits per heavy atom. The second-order valence-corrected chi connectivity index (χ2v) is 13.2. The summed E-state index contributed by atoms with van der Waals surface area (Å²) >= 11 is 0. The summed E-state index contributed by atoms with van der Waals surface area (Å²) in [5.41, 5.74) is 9.48. The number of nitrogens with one attached hydrogen (secondary N) is 4. The zero-order valence-electron chi connectivity index (χ0n) is 28.4. The molecule has 6 N–H and O–H groups in total. The molecule has 2 heterocycles. The fourth-order valence-electron chi connectivity index (χ4n) is 5.89. The lowest BCUT2D eigenvalue weighted by molar-refractivity contribution is 0.171. The van der Waals surface area contributed by atoms with Crippen LogP contribution in [0, 0.1) is 16.2 Å². The van der Waals surface area contributed by atoms with Gasteiger partial charge in [0.1, 0.15) is 28.9 Å². The zero-order chi connectivity index (χ0) is 34.3. The van der Waals surface area contributed by atoms with Gasteiger partial charge in [-0.25, -0.2) is 9.79 Å². The molecule has 1 aliphatic carbocycles. The van der Waals surface area contributed by atoms with Gasteiger partial charge in [0.25, 0.3) is 0 Å². The number of urea groups is 1. The molecule has 254 valence electrons. The van der Waals surface area contributed by atoms with Crippen molar-refractivity contribution in [3.8, 4) is 11.5 Å². The Balaban J connectivity index is 1.32. The Hall–Kier alpha value is -5.06. The highest BCUT2D eigenvalue weighted by molar-refractivity contribution is 6.05. The van der Waals surface area contributed by atoms with Crippen LogP contribution in [0.1, 0.15) is 83.1 Å². The molecule has 11 nitrogen and oxygen atoms in total. The van der Waals surface area contributed by atoms with Crippen LogP contribution in [0.5, 0.6) is 11.5 Å². The molecule has 0 radical (unpaired) electrons. The van der Waals surface area contributed by atoms with Crippen molar-refractivity contribution in [2.24, 2.45) is 16.1 Å². The summed E-state index contributed by atoms with van der Waals surface area (Å²) in [5.74, 6) is 1.90. The van der Waals surface area contributed by atoms with E-state index in [-0.39, 0.29) is 23.0 Å². The third-order valence-electron chi connectivity index (χ3n) is 8.60. The number of rotatable bonds is 7. The number of hydrogen-bond donors (Lipinski definition) is 5. The first kappa shape index (κ1) is 34.3. The molecule has 2 aromatic carbocycles. The fraction of sp³-hybridized carbons (Fsp3) is 0.405. The lowest BCUT2D eigenvalue weighted by atomic mass is 9.85. The molecule has 11 heteroatoms. The first-order valence-electron chi connectivity index (χ1n) is 16.7. The highest BCUT2D eigenvalue weighted by Gasteiger charge is 2.30. The molecule has 0 spiro atoms. The van der Waals surface area contributed by atoms with Crippen LogP contribution in [0.2, 0.25) is 0 Å². The Morgan fingerprint density at radius 3 is 2.50 bits per heavy atom. The Morgan fingerprint density at radius 1 is 1.02 bits per heavy atom. The number of likely N-dealkylation sites (tertiary alicyclic amines) is 1. The van der Waals surface area contributed by atoms with E-state index in [4.69, 9.17) is 31.0 Å². The topological polar surface area (TPSA) is 154 Å². The van der Waals surface area contributed by atoms with Gasteiger partial charge < -0.3 is 25.4 Å². The average molecular weight is 653 g/mol. The van der Waals surface area contributed by atoms with E-state index in [0.717, 1.165) is 37.1 Å². The quantitative estimate of drug-likeness (QED) is 0.146. The largest absolute Gasteiger partial charge is 0.494 e. The summed E-state index contributed by atoms with van der Waals surface area (Å²) in [5, 5.41) is 23.2. The molecule has 2 aliphatic rings. The van der Waals surface area contributed by atoms with Crippen molar-refractivity contribution in [2.75, 3.05) is 19.7 Å². The molecule has 48 heavy (non-hydrogen) atoms. The molecule has 0 saturated carbocycles. The number of fused-ring (bicyclic) bond motifs is 1. The first-order chi connectivity index (χ1) is 23.0. The number of nitrogens with zero attached hydrogens (tertiary/aromatic N) is 3. The Bertz CT molecular complexity index is 1730. The molecule has 1 saturated heterocycles. The van der Waals surface area contributed by atoms with Gasteiger partial charge in [0, 0.05) is 36.3 Å². The molecule has 0 bridgehead atoms. The highest BCUT2D eigenvalue weighted by atomic mass is 16.5. The molecule has 1 aromatic heterocycles. The van der Waals surface area contributed by atoms with E-state index in [2.05, 4.69) is 10.6 Å². The van der Waals surface area contributed by atoms with Crippen molar-refractivity contribution in [2.45, 2.75) is 71.9 Å². The maximum atomic E-state index is 13.5. The Labute approximate surface area is 282 Å². The molecule has 2 atom stereocenters. The lowest BCUT2D eigenvalue weighted by Crippen LogP contribution is -2.43. The van der Waals surface area contributed by atoms with Crippen molar-refractivity contribution >= 4 is 23.5 Å². The summed E-state index contributed by atoms with van der Waals surface area (Å²) in [6.07, 6.45) is 7.78. The number of aromatic nitrogens is 1. The summed E-state index contributed by atoms with van der Waals surface area (Å²) in [6.45, 7) is 10.1. The smallest absolute Gasteiger partial charge is 0.320 e. The summed E-state index contributed by atoms with van der Waals surface area (Å²) < 4.78 is 13.7. The molecule has 0 unspecified atom stereocenters. The minimum absolute atomic E-state index is 0.237. The normalized spacial score (nSPS) is 18.5. The van der Waals surface area contributed by atoms with E-state index < -0.39 is 6.03 Å². The van der Waals surface area contributed by atoms with Gasteiger partial charge in [0.15, 0.2) is 0 Å². The van der Waals surface area contributed by atoms with E-state index in [1.165, 1.54) is 6.42 Å². The van der Waals surface area contributed by atoms with Gasteiger partial charge >= 0.3 is 6.03 Å². The van der Waals surface area contributed by atoms with Crippen LogP contribution >= 0.6 is 0 Å². The summed E-state index contributed by atoms with van der Waals surface area (Å²) in [6, 6.07) is 18.2. The van der Waals surface area contributed by atoms with Gasteiger partial charge in [0.2, 0.25) is 5.96 Å². The number of carbonyl (C=O) groups is 1. The van der Waals surface area contributed by atoms with Crippen molar-refractivity contribution in [3.63, 3.8) is 0 Å². The van der Waals surface area contributed by atoms with Gasteiger partial charge in [-0.1, -0.05) is 51.1 Å². The van der Waals surface area contributed by atoms with Gasteiger partial charge in [-0.2, -0.15) is 0 Å². The number of piperidine rings is 1. The van der Waals surface area contributed by atoms with Crippen LogP contribution in [0.3, 0.4) is 0 Å². The van der Waals surface area contributed by atoms with Gasteiger partial charge in [-0.3, -0.25) is 20.7 Å². The maximum absolute atomic E-state index is 13.5. The number of hydrogen-bond acceptors (Lipinski definition) is 7. The molecule has 2 amide bonds. The second-order valence-electron chi connectivity index (χ2n) is 13.2. The predicted octanol–water partition coefficient (Wildman–Crippen LogP) is 6.51. The predicted molar refractivity (Wildman–Crippen MR) is 189 cm³/mol. The van der Waals surface area contributed by atoms with Gasteiger partial charge in [-0.05, 0) is 74.4 Å². The number of allylic oxidation sites excluding steroid dienone is 1. The number of benzene rings is 2. The van der Waals surface area contributed by atoms with Crippen molar-refractivity contribution in [1.82, 2.24) is 20.1 Å².